The normalized spacial score (nSPS) is 10.4. The Morgan fingerprint density at radius 3 is 2.61 bits per heavy atom. The topological polar surface area (TPSA) is 37.8 Å². The molecule has 0 aliphatic rings. The predicted molar refractivity (Wildman–Crippen MR) is 76.1 cm³/mol. The Kier molecular flexibility index (Phi) is 3.82. The van der Waals surface area contributed by atoms with E-state index in [0.717, 1.165) is 34.1 Å². The second-order valence-corrected chi connectivity index (χ2v) is 4.62. The molecule has 18 heavy (non-hydrogen) atoms. The Balaban J connectivity index is 2.46. The fourth-order valence-electron chi connectivity index (χ4n) is 1.71. The number of halogens is 1. The number of hydrogen-bond donors (Lipinski definition) is 1. The average molecular weight is 262 g/mol. The summed E-state index contributed by atoms with van der Waals surface area (Å²) in [6.45, 7) is 6.77. The summed E-state index contributed by atoms with van der Waals surface area (Å²) >= 11 is 6.15. The Morgan fingerprint density at radius 1 is 1.17 bits per heavy atom. The highest BCUT2D eigenvalue weighted by molar-refractivity contribution is 6.31. The first kappa shape index (κ1) is 12.8. The lowest BCUT2D eigenvalue weighted by molar-refractivity contribution is 1.05. The summed E-state index contributed by atoms with van der Waals surface area (Å²) in [7, 11) is 0. The van der Waals surface area contributed by atoms with E-state index in [4.69, 9.17) is 11.6 Å². The molecule has 2 rings (SSSR count). The average Bonchev–Trinajstić information content (AvgIpc) is 2.32. The van der Waals surface area contributed by atoms with Crippen LogP contribution in [-0.2, 0) is 0 Å². The van der Waals surface area contributed by atoms with Crippen molar-refractivity contribution in [1.29, 1.82) is 0 Å². The third-order valence-electron chi connectivity index (χ3n) is 2.66. The van der Waals surface area contributed by atoms with Gasteiger partial charge in [0.1, 0.15) is 0 Å². The summed E-state index contributed by atoms with van der Waals surface area (Å²) in [6, 6.07) is 7.93. The molecule has 0 unspecified atom stereocenters. The van der Waals surface area contributed by atoms with Crippen molar-refractivity contribution in [3.8, 4) is 11.3 Å². The van der Waals surface area contributed by atoms with Gasteiger partial charge in [-0.3, -0.25) is 0 Å². The number of nitrogens with one attached hydrogen (secondary N) is 1. The standard InChI is InChI=1S/C14H16ClN3/c1-4-16-14-17-10(3)7-13(18-14)11-6-5-9(2)12(15)8-11/h5-8H,4H2,1-3H3,(H,16,17,18). The second-order valence-electron chi connectivity index (χ2n) is 4.21. The van der Waals surface area contributed by atoms with Gasteiger partial charge in [-0.2, -0.15) is 0 Å². The number of aromatic nitrogens is 2. The Morgan fingerprint density at radius 2 is 1.94 bits per heavy atom. The van der Waals surface area contributed by atoms with Crippen molar-refractivity contribution in [2.45, 2.75) is 20.8 Å². The minimum Gasteiger partial charge on any atom is -0.354 e. The van der Waals surface area contributed by atoms with Gasteiger partial charge >= 0.3 is 0 Å². The first-order valence-corrected chi connectivity index (χ1v) is 6.34. The van der Waals surface area contributed by atoms with Gasteiger partial charge in [-0.1, -0.05) is 23.7 Å². The van der Waals surface area contributed by atoms with Crippen molar-refractivity contribution < 1.29 is 0 Å². The SMILES string of the molecule is CCNc1nc(C)cc(-c2ccc(C)c(Cl)c2)n1. The summed E-state index contributed by atoms with van der Waals surface area (Å²) in [5.41, 5.74) is 3.90. The maximum atomic E-state index is 6.15. The van der Waals surface area contributed by atoms with Crippen LogP contribution in [0, 0.1) is 13.8 Å². The van der Waals surface area contributed by atoms with E-state index < -0.39 is 0 Å². The van der Waals surface area contributed by atoms with E-state index >= 15 is 0 Å². The lowest BCUT2D eigenvalue weighted by atomic mass is 10.1. The monoisotopic (exact) mass is 261 g/mol. The van der Waals surface area contributed by atoms with Gasteiger partial charge in [-0.05, 0) is 38.5 Å². The molecule has 0 saturated heterocycles. The van der Waals surface area contributed by atoms with Crippen LogP contribution in [0.25, 0.3) is 11.3 Å². The van der Waals surface area contributed by atoms with Crippen molar-refractivity contribution >= 4 is 17.5 Å². The molecule has 0 radical (unpaired) electrons. The molecule has 0 aliphatic carbocycles. The molecule has 1 aromatic heterocycles. The van der Waals surface area contributed by atoms with Crippen LogP contribution in [0.4, 0.5) is 5.95 Å². The fraction of sp³-hybridized carbons (Fsp3) is 0.286. The van der Waals surface area contributed by atoms with Gasteiger partial charge in [0.2, 0.25) is 5.95 Å². The second kappa shape index (κ2) is 5.36. The maximum Gasteiger partial charge on any atom is 0.223 e. The molecule has 1 heterocycles. The summed E-state index contributed by atoms with van der Waals surface area (Å²) in [6.07, 6.45) is 0. The summed E-state index contributed by atoms with van der Waals surface area (Å²) in [5, 5.41) is 3.89. The molecule has 0 fully saturated rings. The highest BCUT2D eigenvalue weighted by Gasteiger charge is 2.05. The van der Waals surface area contributed by atoms with E-state index in [-0.39, 0.29) is 0 Å². The molecule has 94 valence electrons. The molecule has 3 nitrogen and oxygen atoms in total. The number of rotatable bonds is 3. The number of nitrogens with zero attached hydrogens (tertiary/aromatic N) is 2. The molecule has 0 saturated carbocycles. The largest absolute Gasteiger partial charge is 0.354 e. The zero-order chi connectivity index (χ0) is 13.1. The molecule has 1 N–H and O–H groups in total. The molecule has 0 atom stereocenters. The summed E-state index contributed by atoms with van der Waals surface area (Å²) in [4.78, 5) is 8.82. The highest BCUT2D eigenvalue weighted by atomic mass is 35.5. The van der Waals surface area contributed by atoms with Crippen LogP contribution < -0.4 is 5.32 Å². The van der Waals surface area contributed by atoms with Gasteiger partial charge in [0.15, 0.2) is 0 Å². The van der Waals surface area contributed by atoms with Crippen LogP contribution in [-0.4, -0.2) is 16.5 Å². The van der Waals surface area contributed by atoms with Gasteiger partial charge in [-0.25, -0.2) is 9.97 Å². The van der Waals surface area contributed by atoms with E-state index in [1.54, 1.807) is 0 Å². The van der Waals surface area contributed by atoms with Crippen LogP contribution in [0.3, 0.4) is 0 Å². The van der Waals surface area contributed by atoms with Crippen molar-refractivity contribution in [3.63, 3.8) is 0 Å². The van der Waals surface area contributed by atoms with Crippen molar-refractivity contribution in [1.82, 2.24) is 9.97 Å². The Labute approximate surface area is 112 Å². The summed E-state index contributed by atoms with van der Waals surface area (Å²) < 4.78 is 0. The van der Waals surface area contributed by atoms with Crippen molar-refractivity contribution in [2.75, 3.05) is 11.9 Å². The quantitative estimate of drug-likeness (QED) is 0.912. The number of benzene rings is 1. The van der Waals surface area contributed by atoms with Crippen LogP contribution in [0.15, 0.2) is 24.3 Å². The first-order chi connectivity index (χ1) is 8.60. The van der Waals surface area contributed by atoms with E-state index in [2.05, 4.69) is 15.3 Å². The van der Waals surface area contributed by atoms with E-state index in [1.165, 1.54) is 0 Å². The van der Waals surface area contributed by atoms with Crippen LogP contribution in [0.5, 0.6) is 0 Å². The molecule has 0 amide bonds. The molecule has 4 heteroatoms. The van der Waals surface area contributed by atoms with Crippen molar-refractivity contribution in [2.24, 2.45) is 0 Å². The van der Waals surface area contributed by atoms with E-state index in [1.807, 2.05) is 45.0 Å². The first-order valence-electron chi connectivity index (χ1n) is 5.96. The Hall–Kier alpha value is -1.61. The predicted octanol–water partition coefficient (Wildman–Crippen LogP) is 3.85. The Bertz CT molecular complexity index is 567. The van der Waals surface area contributed by atoms with Crippen LogP contribution >= 0.6 is 11.6 Å². The molecule has 2 aromatic rings. The zero-order valence-electron chi connectivity index (χ0n) is 10.8. The molecular formula is C14H16ClN3. The van der Waals surface area contributed by atoms with E-state index in [9.17, 15) is 0 Å². The van der Waals surface area contributed by atoms with Gasteiger partial charge in [0.25, 0.3) is 0 Å². The van der Waals surface area contributed by atoms with Crippen molar-refractivity contribution in [3.05, 3.63) is 40.5 Å². The smallest absolute Gasteiger partial charge is 0.223 e. The lowest BCUT2D eigenvalue weighted by Crippen LogP contribution is -2.03. The molecular weight excluding hydrogens is 246 g/mol. The van der Waals surface area contributed by atoms with Gasteiger partial charge < -0.3 is 5.32 Å². The number of hydrogen-bond acceptors (Lipinski definition) is 3. The van der Waals surface area contributed by atoms with Gasteiger partial charge in [0, 0.05) is 22.8 Å². The minimum absolute atomic E-state index is 0.657. The highest BCUT2D eigenvalue weighted by Crippen LogP contribution is 2.24. The minimum atomic E-state index is 0.657. The molecule has 0 aliphatic heterocycles. The fourth-order valence-corrected chi connectivity index (χ4v) is 1.89. The lowest BCUT2D eigenvalue weighted by Gasteiger charge is -2.08. The molecule has 0 spiro atoms. The zero-order valence-corrected chi connectivity index (χ0v) is 11.5. The van der Waals surface area contributed by atoms with Gasteiger partial charge in [0.05, 0.1) is 5.69 Å². The number of aryl methyl sites for hydroxylation is 2. The molecule has 0 bridgehead atoms. The molecule has 1 aromatic carbocycles. The van der Waals surface area contributed by atoms with E-state index in [0.29, 0.717) is 5.95 Å². The number of anilines is 1. The third kappa shape index (κ3) is 2.79. The summed E-state index contributed by atoms with van der Waals surface area (Å²) in [5.74, 6) is 0.657. The van der Waals surface area contributed by atoms with Gasteiger partial charge in [-0.15, -0.1) is 0 Å². The van der Waals surface area contributed by atoms with Crippen LogP contribution in [0.2, 0.25) is 5.02 Å². The van der Waals surface area contributed by atoms with Crippen LogP contribution in [0.1, 0.15) is 18.2 Å². The third-order valence-corrected chi connectivity index (χ3v) is 3.06. The maximum absolute atomic E-state index is 6.15.